The van der Waals surface area contributed by atoms with Gasteiger partial charge in [0.2, 0.25) is 0 Å². The minimum absolute atomic E-state index is 0.0252. The Kier molecular flexibility index (Phi) is 8.83. The van der Waals surface area contributed by atoms with Crippen molar-refractivity contribution in [1.82, 2.24) is 25.3 Å². The molecule has 1 aliphatic rings. The fraction of sp³-hybridized carbons (Fsp3) is 0.290. The number of methoxy groups -OCH3 is 1. The molecule has 206 valence electrons. The molecule has 0 unspecified atom stereocenters. The molecule has 0 aliphatic carbocycles. The van der Waals surface area contributed by atoms with E-state index in [1.807, 2.05) is 35.2 Å². The molecule has 0 bridgehead atoms. The number of nitrogens with zero attached hydrogens (tertiary/aromatic N) is 4. The Bertz CT molecular complexity index is 1380. The van der Waals surface area contributed by atoms with Crippen LogP contribution >= 0.6 is 0 Å². The number of pyridine rings is 1. The van der Waals surface area contributed by atoms with Gasteiger partial charge in [-0.05, 0) is 48.2 Å². The summed E-state index contributed by atoms with van der Waals surface area (Å²) in [6, 6.07) is 23.0. The van der Waals surface area contributed by atoms with Crippen LogP contribution in [0.5, 0.6) is 5.75 Å². The van der Waals surface area contributed by atoms with Crippen LogP contribution in [0.1, 0.15) is 50.6 Å². The number of piperidine rings is 1. The second-order valence-electron chi connectivity index (χ2n) is 9.88. The van der Waals surface area contributed by atoms with E-state index in [1.165, 1.54) is 5.56 Å². The summed E-state index contributed by atoms with van der Waals surface area (Å²) in [7, 11) is 1.61. The van der Waals surface area contributed by atoms with Crippen LogP contribution < -0.4 is 10.1 Å². The van der Waals surface area contributed by atoms with Crippen LogP contribution in [0, 0.1) is 0 Å². The largest absolute Gasteiger partial charge is 0.497 e. The van der Waals surface area contributed by atoms with Crippen LogP contribution in [-0.4, -0.2) is 58.0 Å². The van der Waals surface area contributed by atoms with E-state index >= 15 is 0 Å². The van der Waals surface area contributed by atoms with E-state index in [0.717, 1.165) is 43.8 Å². The highest BCUT2D eigenvalue weighted by Crippen LogP contribution is 2.23. The predicted molar refractivity (Wildman–Crippen MR) is 150 cm³/mol. The van der Waals surface area contributed by atoms with Crippen LogP contribution in [0.15, 0.2) is 89.7 Å². The van der Waals surface area contributed by atoms with E-state index < -0.39 is 0 Å². The van der Waals surface area contributed by atoms with Gasteiger partial charge in [-0.2, -0.15) is 0 Å². The molecule has 2 aromatic heterocycles. The summed E-state index contributed by atoms with van der Waals surface area (Å²) in [4.78, 5) is 34.7. The summed E-state index contributed by atoms with van der Waals surface area (Å²) in [5.74, 6) is 0.753. The highest BCUT2D eigenvalue weighted by atomic mass is 16.5. The van der Waals surface area contributed by atoms with Gasteiger partial charge >= 0.3 is 0 Å². The van der Waals surface area contributed by atoms with Gasteiger partial charge in [-0.1, -0.05) is 47.6 Å². The number of aromatic nitrogens is 2. The minimum atomic E-state index is -0.342. The topological polar surface area (TPSA) is 101 Å². The first-order valence-electron chi connectivity index (χ1n) is 13.4. The second-order valence-corrected chi connectivity index (χ2v) is 9.88. The van der Waals surface area contributed by atoms with Crippen molar-refractivity contribution in [3.05, 3.63) is 113 Å². The van der Waals surface area contributed by atoms with E-state index in [-0.39, 0.29) is 30.1 Å². The van der Waals surface area contributed by atoms with Crippen LogP contribution in [-0.2, 0) is 19.6 Å². The molecule has 1 fully saturated rings. The fourth-order valence-corrected chi connectivity index (χ4v) is 4.93. The highest BCUT2D eigenvalue weighted by molar-refractivity contribution is 5.94. The molecule has 1 N–H and O–H groups in total. The van der Waals surface area contributed by atoms with Crippen molar-refractivity contribution in [2.24, 2.45) is 0 Å². The lowest BCUT2D eigenvalue weighted by molar-refractivity contribution is 0.0516. The Balaban J connectivity index is 1.23. The number of ether oxygens (including phenoxy) is 1. The van der Waals surface area contributed by atoms with Gasteiger partial charge in [0.1, 0.15) is 5.75 Å². The number of hydrogen-bond donors (Lipinski definition) is 1. The third-order valence-electron chi connectivity index (χ3n) is 7.15. The van der Waals surface area contributed by atoms with E-state index in [1.54, 1.807) is 37.7 Å². The quantitative estimate of drug-likeness (QED) is 0.320. The number of rotatable bonds is 10. The lowest BCUT2D eigenvalue weighted by atomic mass is 10.0. The lowest BCUT2D eigenvalue weighted by Crippen LogP contribution is -2.46. The molecule has 9 nitrogen and oxygen atoms in total. The Morgan fingerprint density at radius 2 is 1.80 bits per heavy atom. The molecule has 0 spiro atoms. The van der Waals surface area contributed by atoms with Gasteiger partial charge in [0, 0.05) is 50.7 Å². The third-order valence-corrected chi connectivity index (χ3v) is 7.15. The van der Waals surface area contributed by atoms with Crippen molar-refractivity contribution in [2.75, 3.05) is 20.2 Å². The number of carbonyl (C=O) groups excluding carboxylic acids is 2. The van der Waals surface area contributed by atoms with Gasteiger partial charge in [-0.15, -0.1) is 0 Å². The molecule has 5 rings (SSSR count). The summed E-state index contributed by atoms with van der Waals surface area (Å²) in [6.45, 7) is 3.22. The van der Waals surface area contributed by atoms with Crippen molar-refractivity contribution >= 4 is 11.8 Å². The van der Waals surface area contributed by atoms with Crippen molar-refractivity contribution in [3.63, 3.8) is 0 Å². The summed E-state index contributed by atoms with van der Waals surface area (Å²) in [5, 5.41) is 6.84. The average molecular weight is 540 g/mol. The molecule has 2 amide bonds. The summed E-state index contributed by atoms with van der Waals surface area (Å²) >= 11 is 0. The zero-order valence-electron chi connectivity index (χ0n) is 22.5. The van der Waals surface area contributed by atoms with E-state index in [2.05, 4.69) is 44.6 Å². The average Bonchev–Trinajstić information content (AvgIpc) is 3.49. The molecule has 3 heterocycles. The molecule has 40 heavy (non-hydrogen) atoms. The van der Waals surface area contributed by atoms with Crippen molar-refractivity contribution in [2.45, 2.75) is 38.5 Å². The minimum Gasteiger partial charge on any atom is -0.497 e. The number of amides is 2. The van der Waals surface area contributed by atoms with Crippen molar-refractivity contribution in [1.29, 1.82) is 0 Å². The Morgan fingerprint density at radius 1 is 1.02 bits per heavy atom. The first-order chi connectivity index (χ1) is 19.6. The standard InChI is InChI=1S/C31H33N5O4/c1-39-27-11-9-23(10-12-27)19-33-30(37)29-18-28(40-34-29)22-36(31(38)25-8-5-15-32-20-25)26-13-16-35(17-14-26)21-24-6-3-2-4-7-24/h2-12,15,18,20,26H,13-14,16-17,19,21-22H2,1H3,(H,33,37). The van der Waals surface area contributed by atoms with Gasteiger partial charge in [-0.3, -0.25) is 19.5 Å². The van der Waals surface area contributed by atoms with Crippen molar-refractivity contribution in [3.8, 4) is 5.75 Å². The van der Waals surface area contributed by atoms with Crippen LogP contribution in [0.25, 0.3) is 0 Å². The van der Waals surface area contributed by atoms with Crippen molar-refractivity contribution < 1.29 is 18.8 Å². The van der Waals surface area contributed by atoms with Crippen LogP contribution in [0.4, 0.5) is 0 Å². The van der Waals surface area contributed by atoms with E-state index in [9.17, 15) is 9.59 Å². The van der Waals surface area contributed by atoms with Gasteiger partial charge in [0.05, 0.1) is 19.2 Å². The van der Waals surface area contributed by atoms with Gasteiger partial charge in [0.25, 0.3) is 11.8 Å². The van der Waals surface area contributed by atoms with E-state index in [0.29, 0.717) is 17.9 Å². The van der Waals surface area contributed by atoms with Gasteiger partial charge < -0.3 is 19.5 Å². The molecule has 2 aromatic carbocycles. The predicted octanol–water partition coefficient (Wildman–Crippen LogP) is 4.32. The normalized spacial score (nSPS) is 14.0. The van der Waals surface area contributed by atoms with Crippen LogP contribution in [0.2, 0.25) is 0 Å². The smallest absolute Gasteiger partial charge is 0.273 e. The molecule has 1 saturated heterocycles. The molecule has 0 radical (unpaired) electrons. The van der Waals surface area contributed by atoms with Gasteiger partial charge in [-0.25, -0.2) is 0 Å². The maximum Gasteiger partial charge on any atom is 0.273 e. The first-order valence-corrected chi connectivity index (χ1v) is 13.4. The summed E-state index contributed by atoms with van der Waals surface area (Å²) in [6.07, 6.45) is 4.90. The summed E-state index contributed by atoms with van der Waals surface area (Å²) in [5.41, 5.74) is 2.91. The molecule has 0 saturated carbocycles. The zero-order chi connectivity index (χ0) is 27.7. The SMILES string of the molecule is COc1ccc(CNC(=O)c2cc(CN(C(=O)c3cccnc3)C3CCN(Cc4ccccc4)CC3)on2)cc1. The Labute approximate surface area is 233 Å². The molecule has 1 aliphatic heterocycles. The molecular weight excluding hydrogens is 506 g/mol. The van der Waals surface area contributed by atoms with Crippen LogP contribution in [0.3, 0.4) is 0 Å². The van der Waals surface area contributed by atoms with Gasteiger partial charge in [0.15, 0.2) is 11.5 Å². The molecule has 0 atom stereocenters. The molecule has 9 heteroatoms. The number of likely N-dealkylation sites (tertiary alicyclic amines) is 1. The lowest BCUT2D eigenvalue weighted by Gasteiger charge is -2.38. The van der Waals surface area contributed by atoms with E-state index in [4.69, 9.17) is 9.26 Å². The number of hydrogen-bond acceptors (Lipinski definition) is 7. The Morgan fingerprint density at radius 3 is 2.50 bits per heavy atom. The first kappa shape index (κ1) is 27.1. The summed E-state index contributed by atoms with van der Waals surface area (Å²) < 4.78 is 10.7. The highest BCUT2D eigenvalue weighted by Gasteiger charge is 2.30. The fourth-order valence-electron chi connectivity index (χ4n) is 4.93. The molecular formula is C31H33N5O4. The maximum atomic E-state index is 13.6. The second kappa shape index (κ2) is 13.0. The number of benzene rings is 2. The number of carbonyl (C=O) groups is 2. The monoisotopic (exact) mass is 539 g/mol. The Hall–Kier alpha value is -4.50. The third kappa shape index (κ3) is 6.92. The zero-order valence-corrected chi connectivity index (χ0v) is 22.5. The maximum absolute atomic E-state index is 13.6. The molecule has 4 aromatic rings. The number of nitrogens with one attached hydrogen (secondary N) is 1.